The van der Waals surface area contributed by atoms with E-state index in [4.69, 9.17) is 9.47 Å². The van der Waals surface area contributed by atoms with Crippen LogP contribution in [0.25, 0.3) is 5.70 Å². The van der Waals surface area contributed by atoms with Crippen LogP contribution in [0.2, 0.25) is 0 Å². The first kappa shape index (κ1) is 22.6. The summed E-state index contributed by atoms with van der Waals surface area (Å²) in [4.78, 5) is 40.8. The Morgan fingerprint density at radius 2 is 1.64 bits per heavy atom. The van der Waals surface area contributed by atoms with E-state index in [0.29, 0.717) is 41.3 Å². The molecular formula is C26H28N2O5. The van der Waals surface area contributed by atoms with Crippen molar-refractivity contribution in [2.45, 2.75) is 32.7 Å². The minimum Gasteiger partial charge on any atom is -0.493 e. The topological polar surface area (TPSA) is 84.9 Å². The van der Waals surface area contributed by atoms with Gasteiger partial charge in [0.15, 0.2) is 17.3 Å². The van der Waals surface area contributed by atoms with Gasteiger partial charge >= 0.3 is 0 Å². The highest BCUT2D eigenvalue weighted by molar-refractivity contribution is 6.23. The Labute approximate surface area is 193 Å². The van der Waals surface area contributed by atoms with Gasteiger partial charge in [0.1, 0.15) is 6.04 Å². The van der Waals surface area contributed by atoms with E-state index >= 15 is 0 Å². The van der Waals surface area contributed by atoms with E-state index in [1.165, 1.54) is 6.08 Å². The van der Waals surface area contributed by atoms with E-state index in [0.717, 1.165) is 22.4 Å². The molecule has 0 saturated heterocycles. The number of imide groups is 1. The molecule has 0 spiro atoms. The molecule has 172 valence electrons. The van der Waals surface area contributed by atoms with Crippen LogP contribution >= 0.6 is 0 Å². The average Bonchev–Trinajstić information content (AvgIpc) is 3.06. The van der Waals surface area contributed by atoms with Crippen LogP contribution < -0.4 is 14.8 Å². The molecule has 0 fully saturated rings. The Hall–Kier alpha value is -3.61. The zero-order valence-electron chi connectivity index (χ0n) is 19.3. The molecule has 2 heterocycles. The smallest absolute Gasteiger partial charge is 0.262 e. The molecule has 0 bridgehead atoms. The Bertz CT molecular complexity index is 1120. The molecule has 2 aliphatic heterocycles. The molecule has 0 radical (unpaired) electrons. The van der Waals surface area contributed by atoms with E-state index in [2.05, 4.69) is 5.32 Å². The highest BCUT2D eigenvalue weighted by atomic mass is 16.5. The summed E-state index contributed by atoms with van der Waals surface area (Å²) in [6.07, 6.45) is 2.67. The Morgan fingerprint density at radius 3 is 2.21 bits per heavy atom. The van der Waals surface area contributed by atoms with Crippen molar-refractivity contribution < 1.29 is 23.9 Å². The lowest BCUT2D eigenvalue weighted by Crippen LogP contribution is -2.45. The van der Waals surface area contributed by atoms with Crippen LogP contribution in [0.3, 0.4) is 0 Å². The molecule has 2 aliphatic rings. The van der Waals surface area contributed by atoms with Gasteiger partial charge in [0, 0.05) is 23.9 Å². The van der Waals surface area contributed by atoms with Gasteiger partial charge in [-0.25, -0.2) is 0 Å². The Balaban J connectivity index is 1.71. The molecule has 7 heteroatoms. The predicted molar refractivity (Wildman–Crippen MR) is 124 cm³/mol. The second-order valence-corrected chi connectivity index (χ2v) is 8.67. The quantitative estimate of drug-likeness (QED) is 0.516. The molecule has 4 rings (SSSR count). The molecule has 0 unspecified atom stereocenters. The number of benzene rings is 2. The summed E-state index contributed by atoms with van der Waals surface area (Å²) in [7, 11) is 3.15. The number of amides is 2. The maximum atomic E-state index is 13.5. The first-order valence-corrected chi connectivity index (χ1v) is 11.1. The first-order chi connectivity index (χ1) is 15.8. The van der Waals surface area contributed by atoms with Crippen LogP contribution in [0.4, 0.5) is 0 Å². The summed E-state index contributed by atoms with van der Waals surface area (Å²) < 4.78 is 10.8. The van der Waals surface area contributed by atoms with Crippen molar-refractivity contribution in [3.8, 4) is 11.5 Å². The highest BCUT2D eigenvalue weighted by Crippen LogP contribution is 2.35. The number of hydrogen-bond acceptors (Lipinski definition) is 6. The van der Waals surface area contributed by atoms with E-state index < -0.39 is 17.9 Å². The van der Waals surface area contributed by atoms with Gasteiger partial charge in [-0.2, -0.15) is 0 Å². The number of nitrogens with one attached hydrogen (secondary N) is 1. The largest absolute Gasteiger partial charge is 0.493 e. The third-order valence-corrected chi connectivity index (χ3v) is 6.06. The lowest BCUT2D eigenvalue weighted by atomic mass is 9.93. The second-order valence-electron chi connectivity index (χ2n) is 8.67. The van der Waals surface area contributed by atoms with Crippen LogP contribution in [0, 0.1) is 5.92 Å². The van der Waals surface area contributed by atoms with Crippen LogP contribution in [-0.2, 0) is 11.2 Å². The minimum atomic E-state index is -0.878. The van der Waals surface area contributed by atoms with Crippen LogP contribution in [0.1, 0.15) is 52.1 Å². The third kappa shape index (κ3) is 4.11. The summed E-state index contributed by atoms with van der Waals surface area (Å²) in [5.74, 6) is 0.179. The minimum absolute atomic E-state index is 0.109. The van der Waals surface area contributed by atoms with E-state index in [1.807, 2.05) is 26.0 Å². The lowest BCUT2D eigenvalue weighted by molar-refractivity contribution is -0.118. The zero-order valence-corrected chi connectivity index (χ0v) is 19.3. The molecule has 0 saturated carbocycles. The highest BCUT2D eigenvalue weighted by Gasteiger charge is 2.42. The number of carbonyl (C=O) groups excluding carboxylic acids is 3. The molecular weight excluding hydrogens is 420 g/mol. The summed E-state index contributed by atoms with van der Waals surface area (Å²) in [5.41, 5.74) is 3.21. The van der Waals surface area contributed by atoms with Gasteiger partial charge < -0.3 is 14.8 Å². The fourth-order valence-electron chi connectivity index (χ4n) is 4.46. The van der Waals surface area contributed by atoms with Crippen LogP contribution in [0.15, 0.2) is 42.5 Å². The van der Waals surface area contributed by atoms with Crippen molar-refractivity contribution in [3.05, 3.63) is 64.7 Å². The van der Waals surface area contributed by atoms with Crippen molar-refractivity contribution in [3.63, 3.8) is 0 Å². The molecule has 2 aromatic carbocycles. The molecule has 33 heavy (non-hydrogen) atoms. The standard InChI is InChI=1S/C26H28N2O5/c1-15(2)11-21(28-25(30)17-7-5-6-8-18(17)26(28)31)22(29)14-20-19-13-24(33-4)23(32-3)12-16(19)9-10-27-20/h5-8,12-15,21,27H,9-11H2,1-4H3/b20-14-/t21-/m1/s1. The van der Waals surface area contributed by atoms with Crippen molar-refractivity contribution >= 4 is 23.3 Å². The summed E-state index contributed by atoms with van der Waals surface area (Å²) in [6.45, 7) is 4.59. The molecule has 2 amide bonds. The van der Waals surface area contributed by atoms with Crippen molar-refractivity contribution in [2.75, 3.05) is 20.8 Å². The average molecular weight is 449 g/mol. The normalized spacial score (nSPS) is 17.0. The maximum absolute atomic E-state index is 13.5. The molecule has 1 N–H and O–H groups in total. The van der Waals surface area contributed by atoms with Gasteiger partial charge in [0.25, 0.3) is 11.8 Å². The van der Waals surface area contributed by atoms with E-state index in [-0.39, 0.29) is 11.7 Å². The van der Waals surface area contributed by atoms with Gasteiger partial charge in [0.2, 0.25) is 0 Å². The number of rotatable bonds is 7. The monoisotopic (exact) mass is 448 g/mol. The van der Waals surface area contributed by atoms with Gasteiger partial charge in [-0.05, 0) is 48.6 Å². The molecule has 1 atom stereocenters. The number of carbonyl (C=O) groups is 3. The Morgan fingerprint density at radius 1 is 1.03 bits per heavy atom. The number of ketones is 1. The van der Waals surface area contributed by atoms with E-state index in [1.54, 1.807) is 38.5 Å². The van der Waals surface area contributed by atoms with Crippen LogP contribution in [0.5, 0.6) is 11.5 Å². The SMILES string of the molecule is COc1cc2c(cc1OC)/C(=C/C(=O)[C@@H](CC(C)C)N1C(=O)c3ccccc3C1=O)NCC2. The van der Waals surface area contributed by atoms with E-state index in [9.17, 15) is 14.4 Å². The van der Waals surface area contributed by atoms with Crippen molar-refractivity contribution in [1.82, 2.24) is 10.2 Å². The summed E-state index contributed by atoms with van der Waals surface area (Å²) in [5, 5.41) is 3.29. The summed E-state index contributed by atoms with van der Waals surface area (Å²) in [6, 6.07) is 9.59. The Kier molecular flexibility index (Phi) is 6.22. The number of methoxy groups -OCH3 is 2. The fourth-order valence-corrected chi connectivity index (χ4v) is 4.46. The number of ether oxygens (including phenoxy) is 2. The van der Waals surface area contributed by atoms with Gasteiger partial charge in [-0.3, -0.25) is 19.3 Å². The molecule has 7 nitrogen and oxygen atoms in total. The molecule has 0 aliphatic carbocycles. The predicted octanol–water partition coefficient (Wildman–Crippen LogP) is 3.47. The van der Waals surface area contributed by atoms with Crippen molar-refractivity contribution in [2.24, 2.45) is 5.92 Å². The third-order valence-electron chi connectivity index (χ3n) is 6.06. The number of fused-ring (bicyclic) bond motifs is 2. The number of nitrogens with zero attached hydrogens (tertiary/aromatic N) is 1. The van der Waals surface area contributed by atoms with Crippen LogP contribution in [-0.4, -0.2) is 49.3 Å². The first-order valence-electron chi connectivity index (χ1n) is 11.1. The van der Waals surface area contributed by atoms with Gasteiger partial charge in [-0.1, -0.05) is 26.0 Å². The van der Waals surface area contributed by atoms with Gasteiger partial charge in [0.05, 0.1) is 25.3 Å². The fraction of sp³-hybridized carbons (Fsp3) is 0.346. The van der Waals surface area contributed by atoms with Crippen molar-refractivity contribution in [1.29, 1.82) is 0 Å². The van der Waals surface area contributed by atoms with Gasteiger partial charge in [-0.15, -0.1) is 0 Å². The number of hydrogen-bond donors (Lipinski definition) is 1. The second kappa shape index (κ2) is 9.10. The summed E-state index contributed by atoms with van der Waals surface area (Å²) >= 11 is 0. The maximum Gasteiger partial charge on any atom is 0.262 e. The lowest BCUT2D eigenvalue weighted by Gasteiger charge is -2.27. The molecule has 2 aromatic rings. The molecule has 0 aromatic heterocycles. The zero-order chi connectivity index (χ0) is 23.7.